The van der Waals surface area contributed by atoms with E-state index in [0.29, 0.717) is 32.8 Å². The van der Waals surface area contributed by atoms with Gasteiger partial charge in [-0.1, -0.05) is 17.7 Å². The highest BCUT2D eigenvalue weighted by Gasteiger charge is 2.15. The normalized spacial score (nSPS) is 11.0. The minimum atomic E-state index is 0.476. The number of fused-ring (bicyclic) bond motifs is 2. The van der Waals surface area contributed by atoms with Crippen LogP contribution in [0.1, 0.15) is 0 Å². The minimum absolute atomic E-state index is 0.476. The van der Waals surface area contributed by atoms with E-state index in [1.807, 2.05) is 0 Å². The topological polar surface area (TPSA) is 49.1 Å². The molecule has 0 amide bonds. The van der Waals surface area contributed by atoms with Crippen molar-refractivity contribution >= 4 is 33.7 Å². The number of nitrogens with zero attached hydrogens (tertiary/aromatic N) is 2. The summed E-state index contributed by atoms with van der Waals surface area (Å²) >= 11 is 5.91. The molecule has 0 saturated heterocycles. The molecule has 4 nitrogen and oxygen atoms in total. The van der Waals surface area contributed by atoms with E-state index >= 15 is 0 Å². The lowest BCUT2D eigenvalue weighted by molar-refractivity contribution is -0.548. The Bertz CT molecular complexity index is 759. The van der Waals surface area contributed by atoms with Gasteiger partial charge < -0.3 is 9.94 Å². The molecular formula is C13H9ClN2O2. The van der Waals surface area contributed by atoms with Gasteiger partial charge in [-0.15, -0.1) is 0 Å². The van der Waals surface area contributed by atoms with Gasteiger partial charge in [-0.2, -0.15) is 4.73 Å². The standard InChI is InChI=1S/C13H9ClN2O2/c1-18-12-4-2-3-11-13(12)15-9-7-8(14)5-6-10(9)16(11)17/h2-7H,1H3. The predicted octanol–water partition coefficient (Wildman–Crippen LogP) is 2.68. The highest BCUT2D eigenvalue weighted by molar-refractivity contribution is 6.31. The Hall–Kier alpha value is -2.07. The van der Waals surface area contributed by atoms with E-state index in [1.165, 1.54) is 0 Å². The van der Waals surface area contributed by atoms with Crippen LogP contribution in [0.4, 0.5) is 0 Å². The van der Waals surface area contributed by atoms with E-state index in [4.69, 9.17) is 16.3 Å². The lowest BCUT2D eigenvalue weighted by Gasteiger charge is -2.07. The summed E-state index contributed by atoms with van der Waals surface area (Å²) in [6.07, 6.45) is 0. The van der Waals surface area contributed by atoms with Crippen LogP contribution in [-0.4, -0.2) is 12.1 Å². The zero-order valence-electron chi connectivity index (χ0n) is 9.55. The first kappa shape index (κ1) is 11.0. The fourth-order valence-corrected chi connectivity index (χ4v) is 2.13. The largest absolute Gasteiger partial charge is 0.618 e. The van der Waals surface area contributed by atoms with Crippen molar-refractivity contribution in [2.75, 3.05) is 7.11 Å². The zero-order valence-corrected chi connectivity index (χ0v) is 10.3. The Morgan fingerprint density at radius 3 is 2.83 bits per heavy atom. The van der Waals surface area contributed by atoms with E-state index in [2.05, 4.69) is 4.98 Å². The number of hydrogen-bond acceptors (Lipinski definition) is 3. The maximum atomic E-state index is 12.2. The highest BCUT2D eigenvalue weighted by atomic mass is 35.5. The molecule has 1 heterocycles. The van der Waals surface area contributed by atoms with Crippen LogP contribution in [0.25, 0.3) is 22.1 Å². The molecule has 0 aliphatic rings. The Labute approximate surface area is 108 Å². The average molecular weight is 261 g/mol. The Morgan fingerprint density at radius 2 is 2.06 bits per heavy atom. The van der Waals surface area contributed by atoms with Crippen LogP contribution in [0.15, 0.2) is 36.4 Å². The maximum absolute atomic E-state index is 12.2. The number of rotatable bonds is 1. The molecule has 90 valence electrons. The number of para-hydroxylation sites is 1. The Kier molecular flexibility index (Phi) is 2.45. The molecule has 0 radical (unpaired) electrons. The number of ether oxygens (including phenoxy) is 1. The van der Waals surface area contributed by atoms with Gasteiger partial charge in [-0.3, -0.25) is 0 Å². The molecule has 5 heteroatoms. The molecule has 1 aromatic heterocycles. The fraction of sp³-hybridized carbons (Fsp3) is 0.0769. The van der Waals surface area contributed by atoms with Crippen LogP contribution in [0.3, 0.4) is 0 Å². The zero-order chi connectivity index (χ0) is 12.7. The van der Waals surface area contributed by atoms with Gasteiger partial charge in [-0.25, -0.2) is 4.98 Å². The Balaban J connectivity index is 2.52. The summed E-state index contributed by atoms with van der Waals surface area (Å²) in [5, 5.41) is 12.8. The summed E-state index contributed by atoms with van der Waals surface area (Å²) in [5.41, 5.74) is 2.04. The number of methoxy groups -OCH3 is 1. The highest BCUT2D eigenvalue weighted by Crippen LogP contribution is 2.24. The third-order valence-corrected chi connectivity index (χ3v) is 3.04. The summed E-state index contributed by atoms with van der Waals surface area (Å²) in [4.78, 5) is 4.44. The second kappa shape index (κ2) is 3.99. The Morgan fingerprint density at radius 1 is 1.22 bits per heavy atom. The van der Waals surface area contributed by atoms with E-state index < -0.39 is 0 Å². The molecule has 0 saturated carbocycles. The first-order chi connectivity index (χ1) is 8.70. The first-order valence-corrected chi connectivity index (χ1v) is 5.74. The van der Waals surface area contributed by atoms with Gasteiger partial charge in [0, 0.05) is 17.2 Å². The maximum Gasteiger partial charge on any atom is 0.246 e. The third kappa shape index (κ3) is 1.54. The molecule has 18 heavy (non-hydrogen) atoms. The van der Waals surface area contributed by atoms with Gasteiger partial charge in [-0.05, 0) is 18.2 Å². The molecule has 0 spiro atoms. The lowest BCUT2D eigenvalue weighted by atomic mass is 10.2. The van der Waals surface area contributed by atoms with Crippen molar-refractivity contribution < 1.29 is 9.47 Å². The summed E-state index contributed by atoms with van der Waals surface area (Å²) < 4.78 is 6.06. The van der Waals surface area contributed by atoms with Crippen LogP contribution in [0.2, 0.25) is 5.02 Å². The SMILES string of the molecule is COc1cccc2c1nc1cc(Cl)ccc1[n+]2[O-]. The molecule has 0 bridgehead atoms. The van der Waals surface area contributed by atoms with Gasteiger partial charge in [0.1, 0.15) is 5.52 Å². The van der Waals surface area contributed by atoms with Gasteiger partial charge in [0.2, 0.25) is 11.0 Å². The number of hydrogen-bond donors (Lipinski definition) is 0. The van der Waals surface area contributed by atoms with Crippen molar-refractivity contribution in [3.05, 3.63) is 46.6 Å². The molecular weight excluding hydrogens is 252 g/mol. The van der Waals surface area contributed by atoms with Crippen LogP contribution in [-0.2, 0) is 0 Å². The molecule has 2 aromatic carbocycles. The van der Waals surface area contributed by atoms with Gasteiger partial charge >= 0.3 is 0 Å². The molecule has 3 aromatic rings. The first-order valence-electron chi connectivity index (χ1n) is 5.36. The van der Waals surface area contributed by atoms with E-state index in [0.717, 1.165) is 4.73 Å². The molecule has 0 aliphatic heterocycles. The summed E-state index contributed by atoms with van der Waals surface area (Å²) in [6, 6.07) is 10.2. The van der Waals surface area contributed by atoms with Crippen molar-refractivity contribution in [2.24, 2.45) is 0 Å². The number of halogens is 1. The van der Waals surface area contributed by atoms with Gasteiger partial charge in [0.25, 0.3) is 0 Å². The van der Waals surface area contributed by atoms with E-state index in [1.54, 1.807) is 43.5 Å². The molecule has 3 rings (SSSR count). The van der Waals surface area contributed by atoms with Crippen LogP contribution in [0, 0.1) is 5.21 Å². The van der Waals surface area contributed by atoms with Gasteiger partial charge in [0.05, 0.1) is 7.11 Å². The average Bonchev–Trinajstić information content (AvgIpc) is 2.38. The van der Waals surface area contributed by atoms with Crippen molar-refractivity contribution in [2.45, 2.75) is 0 Å². The van der Waals surface area contributed by atoms with Crippen LogP contribution < -0.4 is 9.47 Å². The summed E-state index contributed by atoms with van der Waals surface area (Å²) in [7, 11) is 1.55. The monoisotopic (exact) mass is 260 g/mol. The summed E-state index contributed by atoms with van der Waals surface area (Å²) in [5.74, 6) is 0.568. The van der Waals surface area contributed by atoms with E-state index in [9.17, 15) is 5.21 Å². The summed E-state index contributed by atoms with van der Waals surface area (Å²) in [6.45, 7) is 0. The molecule has 0 unspecified atom stereocenters. The number of benzene rings is 2. The van der Waals surface area contributed by atoms with E-state index in [-0.39, 0.29) is 0 Å². The molecule has 0 aliphatic carbocycles. The van der Waals surface area contributed by atoms with Crippen LogP contribution >= 0.6 is 11.6 Å². The smallest absolute Gasteiger partial charge is 0.246 e. The molecule has 0 atom stereocenters. The fourth-order valence-electron chi connectivity index (χ4n) is 1.96. The minimum Gasteiger partial charge on any atom is -0.618 e. The number of aromatic nitrogens is 2. The van der Waals surface area contributed by atoms with Gasteiger partial charge in [0.15, 0.2) is 11.3 Å². The predicted molar refractivity (Wildman–Crippen MR) is 69.8 cm³/mol. The lowest BCUT2D eigenvalue weighted by Crippen LogP contribution is -2.28. The van der Waals surface area contributed by atoms with Crippen LogP contribution in [0.5, 0.6) is 5.75 Å². The van der Waals surface area contributed by atoms with Crippen molar-refractivity contribution in [3.63, 3.8) is 0 Å². The second-order valence-electron chi connectivity index (χ2n) is 3.87. The third-order valence-electron chi connectivity index (χ3n) is 2.80. The van der Waals surface area contributed by atoms with Crippen molar-refractivity contribution in [1.82, 2.24) is 4.98 Å². The second-order valence-corrected chi connectivity index (χ2v) is 4.30. The molecule has 0 N–H and O–H groups in total. The van der Waals surface area contributed by atoms with Crippen molar-refractivity contribution in [3.8, 4) is 5.75 Å². The van der Waals surface area contributed by atoms with Crippen molar-refractivity contribution in [1.29, 1.82) is 0 Å². The molecule has 0 fully saturated rings. The quantitative estimate of drug-likeness (QED) is 0.384.